The van der Waals surface area contributed by atoms with Crippen LogP contribution in [-0.4, -0.2) is 23.1 Å². The lowest BCUT2D eigenvalue weighted by atomic mass is 10.0. The van der Waals surface area contributed by atoms with Gasteiger partial charge in [0.15, 0.2) is 0 Å². The molecule has 0 heterocycles. The Balaban J connectivity index is 3.83. The van der Waals surface area contributed by atoms with Gasteiger partial charge >= 0.3 is 11.9 Å². The molecule has 0 aromatic rings. The molecule has 30 heavy (non-hydrogen) atoms. The zero-order valence-electron chi connectivity index (χ0n) is 19.8. The van der Waals surface area contributed by atoms with Crippen molar-refractivity contribution in [2.24, 2.45) is 0 Å². The predicted octanol–water partition coefficient (Wildman–Crippen LogP) is 7.99. The fourth-order valence-electron chi connectivity index (χ4n) is 3.57. The van der Waals surface area contributed by atoms with Gasteiger partial charge in [0.1, 0.15) is 6.10 Å². The first-order valence-electron chi connectivity index (χ1n) is 12.7. The maximum atomic E-state index is 12.2. The molecule has 1 N–H and O–H groups in total. The highest BCUT2D eigenvalue weighted by Gasteiger charge is 2.14. The molecule has 0 rings (SSSR count). The second kappa shape index (κ2) is 22.4. The first-order chi connectivity index (χ1) is 14.6. The molecule has 0 saturated heterocycles. The largest absolute Gasteiger partial charge is 0.481 e. The van der Waals surface area contributed by atoms with Crippen molar-refractivity contribution < 1.29 is 19.4 Å². The van der Waals surface area contributed by atoms with Gasteiger partial charge in [-0.15, -0.1) is 0 Å². The summed E-state index contributed by atoms with van der Waals surface area (Å²) in [4.78, 5) is 22.8. The molecule has 0 aliphatic heterocycles. The Labute approximate surface area is 185 Å². The third-order valence-electron chi connectivity index (χ3n) is 5.49. The van der Waals surface area contributed by atoms with E-state index in [1.807, 2.05) is 0 Å². The summed E-state index contributed by atoms with van der Waals surface area (Å²) in [6.45, 7) is 4.40. The molecule has 0 saturated carbocycles. The molecule has 1 unspecified atom stereocenters. The highest BCUT2D eigenvalue weighted by Crippen LogP contribution is 2.17. The fourth-order valence-corrected chi connectivity index (χ4v) is 3.57. The number of unbranched alkanes of at least 4 members (excludes halogenated alkanes) is 11. The van der Waals surface area contributed by atoms with Crippen LogP contribution in [0.25, 0.3) is 0 Å². The molecule has 0 aliphatic carbocycles. The quantitative estimate of drug-likeness (QED) is 0.109. The topological polar surface area (TPSA) is 63.6 Å². The van der Waals surface area contributed by atoms with E-state index in [9.17, 15) is 9.59 Å². The number of carboxylic acids is 1. The third kappa shape index (κ3) is 21.4. The lowest BCUT2D eigenvalue weighted by Crippen LogP contribution is -2.18. The molecule has 4 heteroatoms. The van der Waals surface area contributed by atoms with Crippen LogP contribution in [0.4, 0.5) is 0 Å². The van der Waals surface area contributed by atoms with Crippen molar-refractivity contribution in [3.63, 3.8) is 0 Å². The SMILES string of the molecule is CCCC/C=C\CCCCCCCC(=O)OC(CCCCC)CCCCCC(=O)O. The van der Waals surface area contributed by atoms with Crippen LogP contribution in [-0.2, 0) is 14.3 Å². The second-order valence-corrected chi connectivity index (χ2v) is 8.52. The van der Waals surface area contributed by atoms with Crippen molar-refractivity contribution in [3.8, 4) is 0 Å². The molecule has 0 aromatic carbocycles. The van der Waals surface area contributed by atoms with Gasteiger partial charge in [0.05, 0.1) is 0 Å². The van der Waals surface area contributed by atoms with Gasteiger partial charge in [-0.2, -0.15) is 0 Å². The number of hydrogen-bond acceptors (Lipinski definition) is 3. The van der Waals surface area contributed by atoms with Crippen molar-refractivity contribution in [2.45, 2.75) is 142 Å². The highest BCUT2D eigenvalue weighted by atomic mass is 16.5. The Bertz CT molecular complexity index is 431. The van der Waals surface area contributed by atoms with Crippen LogP contribution in [0.15, 0.2) is 12.2 Å². The molecule has 0 amide bonds. The van der Waals surface area contributed by atoms with Gasteiger partial charge in [0.2, 0.25) is 0 Å². The first kappa shape index (κ1) is 28.7. The molecule has 0 spiro atoms. The van der Waals surface area contributed by atoms with Gasteiger partial charge in [-0.25, -0.2) is 0 Å². The Morgan fingerprint density at radius 1 is 0.700 bits per heavy atom. The van der Waals surface area contributed by atoms with Gasteiger partial charge in [0.25, 0.3) is 0 Å². The Kier molecular flexibility index (Phi) is 21.4. The fraction of sp³-hybridized carbons (Fsp3) is 0.846. The number of ether oxygens (including phenoxy) is 1. The lowest BCUT2D eigenvalue weighted by molar-refractivity contribution is -0.150. The van der Waals surface area contributed by atoms with Crippen LogP contribution in [0.1, 0.15) is 136 Å². The van der Waals surface area contributed by atoms with Gasteiger partial charge < -0.3 is 9.84 Å². The Hall–Kier alpha value is -1.32. The molecule has 0 aliphatic rings. The summed E-state index contributed by atoms with van der Waals surface area (Å²) in [5, 5.41) is 8.71. The molecule has 0 radical (unpaired) electrons. The average molecular weight is 425 g/mol. The molecule has 176 valence electrons. The summed E-state index contributed by atoms with van der Waals surface area (Å²) in [7, 11) is 0. The first-order valence-corrected chi connectivity index (χ1v) is 12.7. The van der Waals surface area contributed by atoms with E-state index in [0.29, 0.717) is 12.8 Å². The summed E-state index contributed by atoms with van der Waals surface area (Å²) in [5.41, 5.74) is 0. The van der Waals surface area contributed by atoms with Crippen LogP contribution in [0.2, 0.25) is 0 Å². The van der Waals surface area contributed by atoms with Crippen LogP contribution in [0.5, 0.6) is 0 Å². The monoisotopic (exact) mass is 424 g/mol. The second-order valence-electron chi connectivity index (χ2n) is 8.52. The van der Waals surface area contributed by atoms with E-state index in [4.69, 9.17) is 9.84 Å². The maximum absolute atomic E-state index is 12.2. The van der Waals surface area contributed by atoms with Crippen molar-refractivity contribution in [3.05, 3.63) is 12.2 Å². The average Bonchev–Trinajstić information content (AvgIpc) is 2.71. The number of allylic oxidation sites excluding steroid dienone is 2. The summed E-state index contributed by atoms with van der Waals surface area (Å²) < 4.78 is 5.75. The summed E-state index contributed by atoms with van der Waals surface area (Å²) in [6, 6.07) is 0. The molecule has 1 atom stereocenters. The van der Waals surface area contributed by atoms with E-state index in [-0.39, 0.29) is 18.5 Å². The van der Waals surface area contributed by atoms with Crippen LogP contribution in [0, 0.1) is 0 Å². The Morgan fingerprint density at radius 2 is 1.23 bits per heavy atom. The van der Waals surface area contributed by atoms with E-state index >= 15 is 0 Å². The molecule has 0 fully saturated rings. The number of esters is 1. The number of carbonyl (C=O) groups excluding carboxylic acids is 1. The zero-order valence-corrected chi connectivity index (χ0v) is 19.8. The number of carboxylic acid groups (broad SMARTS) is 1. The highest BCUT2D eigenvalue weighted by molar-refractivity contribution is 5.69. The summed E-state index contributed by atoms with van der Waals surface area (Å²) in [6.07, 6.45) is 23.8. The number of aliphatic carboxylic acids is 1. The third-order valence-corrected chi connectivity index (χ3v) is 5.49. The van der Waals surface area contributed by atoms with Crippen molar-refractivity contribution in [1.82, 2.24) is 0 Å². The smallest absolute Gasteiger partial charge is 0.306 e. The predicted molar refractivity (Wildman–Crippen MR) is 126 cm³/mol. The van der Waals surface area contributed by atoms with Crippen LogP contribution >= 0.6 is 0 Å². The van der Waals surface area contributed by atoms with Crippen molar-refractivity contribution >= 4 is 11.9 Å². The van der Waals surface area contributed by atoms with Crippen molar-refractivity contribution in [2.75, 3.05) is 0 Å². The lowest BCUT2D eigenvalue weighted by Gasteiger charge is -2.18. The molecular weight excluding hydrogens is 376 g/mol. The standard InChI is InChI=1S/C26H48O4/c1-3-5-7-8-9-10-11-12-13-14-19-23-26(29)30-24(20-16-6-4-2)21-17-15-18-22-25(27)28/h8-9,24H,3-7,10-23H2,1-2H3,(H,27,28)/b9-8-. The normalized spacial score (nSPS) is 12.3. The summed E-state index contributed by atoms with van der Waals surface area (Å²) in [5.74, 6) is -0.787. The van der Waals surface area contributed by atoms with E-state index in [0.717, 1.165) is 51.4 Å². The molecule has 4 nitrogen and oxygen atoms in total. The van der Waals surface area contributed by atoms with Crippen LogP contribution in [0.3, 0.4) is 0 Å². The molecule has 0 aromatic heterocycles. The van der Waals surface area contributed by atoms with Gasteiger partial charge in [-0.3, -0.25) is 9.59 Å². The molecular formula is C26H48O4. The van der Waals surface area contributed by atoms with E-state index in [2.05, 4.69) is 26.0 Å². The maximum Gasteiger partial charge on any atom is 0.306 e. The van der Waals surface area contributed by atoms with Crippen molar-refractivity contribution in [1.29, 1.82) is 0 Å². The minimum atomic E-state index is -0.732. The minimum absolute atomic E-state index is 0.00775. The molecule has 0 bridgehead atoms. The van der Waals surface area contributed by atoms with Gasteiger partial charge in [-0.1, -0.05) is 77.4 Å². The number of hydrogen-bond donors (Lipinski definition) is 1. The van der Waals surface area contributed by atoms with E-state index in [1.54, 1.807) is 0 Å². The minimum Gasteiger partial charge on any atom is -0.481 e. The van der Waals surface area contributed by atoms with Gasteiger partial charge in [0, 0.05) is 12.8 Å². The van der Waals surface area contributed by atoms with Gasteiger partial charge in [-0.05, 0) is 57.8 Å². The Morgan fingerprint density at radius 3 is 1.90 bits per heavy atom. The van der Waals surface area contributed by atoms with Crippen LogP contribution < -0.4 is 0 Å². The summed E-state index contributed by atoms with van der Waals surface area (Å²) >= 11 is 0. The zero-order chi connectivity index (χ0) is 22.3. The number of carbonyl (C=O) groups is 2. The van der Waals surface area contributed by atoms with E-state index in [1.165, 1.54) is 51.4 Å². The number of rotatable bonds is 22. The van der Waals surface area contributed by atoms with E-state index < -0.39 is 5.97 Å².